The standard InChI is InChI=1S/C16H22N8O2/c1-9-17-11(21-26-9)8-24-14-12(20-22-24)13(23-6-5-10(25)7-23)18-15(19-14)16(2,3)4/h10,25H,5-8H2,1-4H3/t10-/m0/s1. The first-order valence-corrected chi connectivity index (χ1v) is 8.65. The molecule has 1 atom stereocenters. The van der Waals surface area contributed by atoms with Gasteiger partial charge in [-0.15, -0.1) is 5.10 Å². The number of rotatable bonds is 3. The summed E-state index contributed by atoms with van der Waals surface area (Å²) >= 11 is 0. The topological polar surface area (TPSA) is 119 Å². The lowest BCUT2D eigenvalue weighted by atomic mass is 9.96. The molecule has 0 saturated carbocycles. The number of aryl methyl sites for hydroxylation is 1. The second-order valence-corrected chi connectivity index (χ2v) is 7.66. The monoisotopic (exact) mass is 358 g/mol. The molecule has 1 fully saturated rings. The van der Waals surface area contributed by atoms with Crippen molar-refractivity contribution in [1.29, 1.82) is 0 Å². The molecule has 10 heteroatoms. The van der Waals surface area contributed by atoms with E-state index in [-0.39, 0.29) is 11.5 Å². The molecule has 3 aromatic rings. The van der Waals surface area contributed by atoms with Crippen molar-refractivity contribution in [3.8, 4) is 0 Å². The SMILES string of the molecule is Cc1nc(Cn2nnc3c(N4CC[C@H](O)C4)nc(C(C)(C)C)nc32)no1. The van der Waals surface area contributed by atoms with Crippen molar-refractivity contribution < 1.29 is 9.63 Å². The van der Waals surface area contributed by atoms with Gasteiger partial charge in [-0.3, -0.25) is 0 Å². The van der Waals surface area contributed by atoms with Gasteiger partial charge in [0.2, 0.25) is 5.89 Å². The van der Waals surface area contributed by atoms with Gasteiger partial charge in [-0.1, -0.05) is 31.1 Å². The highest BCUT2D eigenvalue weighted by molar-refractivity contribution is 5.83. The Bertz CT molecular complexity index is 942. The molecule has 1 aliphatic rings. The zero-order chi connectivity index (χ0) is 18.5. The van der Waals surface area contributed by atoms with Gasteiger partial charge in [-0.25, -0.2) is 14.6 Å². The number of aliphatic hydroxyl groups excluding tert-OH is 1. The number of aromatic nitrogens is 7. The molecule has 0 aliphatic carbocycles. The van der Waals surface area contributed by atoms with Crippen LogP contribution in [0.1, 0.15) is 44.7 Å². The fourth-order valence-corrected chi connectivity index (χ4v) is 2.98. The molecule has 0 amide bonds. The smallest absolute Gasteiger partial charge is 0.223 e. The second-order valence-electron chi connectivity index (χ2n) is 7.66. The van der Waals surface area contributed by atoms with Crippen molar-refractivity contribution in [3.63, 3.8) is 0 Å². The van der Waals surface area contributed by atoms with E-state index in [1.54, 1.807) is 11.6 Å². The third-order valence-electron chi connectivity index (χ3n) is 4.34. The van der Waals surface area contributed by atoms with Gasteiger partial charge < -0.3 is 14.5 Å². The van der Waals surface area contributed by atoms with E-state index >= 15 is 0 Å². The van der Waals surface area contributed by atoms with Crippen LogP contribution in [0.3, 0.4) is 0 Å². The second kappa shape index (κ2) is 5.97. The number of hydrogen-bond donors (Lipinski definition) is 1. The normalized spacial score (nSPS) is 18.2. The van der Waals surface area contributed by atoms with E-state index in [1.165, 1.54) is 0 Å². The van der Waals surface area contributed by atoms with Gasteiger partial charge in [-0.05, 0) is 6.42 Å². The fourth-order valence-electron chi connectivity index (χ4n) is 2.98. The first kappa shape index (κ1) is 16.8. The minimum Gasteiger partial charge on any atom is -0.391 e. The van der Waals surface area contributed by atoms with Gasteiger partial charge >= 0.3 is 0 Å². The highest BCUT2D eigenvalue weighted by atomic mass is 16.5. The van der Waals surface area contributed by atoms with E-state index in [2.05, 4.69) is 41.2 Å². The number of β-amino-alcohol motifs (C(OH)–C–C–N with tert-alkyl or cyclic N) is 1. The molecule has 1 aliphatic heterocycles. The van der Waals surface area contributed by atoms with Crippen molar-refractivity contribution >= 4 is 17.0 Å². The van der Waals surface area contributed by atoms with Crippen LogP contribution in [0.15, 0.2) is 4.52 Å². The predicted octanol–water partition coefficient (Wildman–Crippen LogP) is 0.830. The van der Waals surface area contributed by atoms with Crippen molar-refractivity contribution in [2.45, 2.75) is 52.2 Å². The van der Waals surface area contributed by atoms with Gasteiger partial charge in [0.15, 0.2) is 22.8 Å². The Kier molecular flexibility index (Phi) is 3.87. The number of aliphatic hydroxyl groups is 1. The van der Waals surface area contributed by atoms with Gasteiger partial charge in [0.25, 0.3) is 0 Å². The van der Waals surface area contributed by atoms with Crippen molar-refractivity contribution in [1.82, 2.24) is 35.1 Å². The third-order valence-corrected chi connectivity index (χ3v) is 4.34. The average Bonchev–Trinajstić information content (AvgIpc) is 3.27. The van der Waals surface area contributed by atoms with E-state index < -0.39 is 0 Å². The molecule has 0 aromatic carbocycles. The highest BCUT2D eigenvalue weighted by Gasteiger charge is 2.29. The molecule has 0 unspecified atom stereocenters. The Hall–Kier alpha value is -2.62. The maximum Gasteiger partial charge on any atom is 0.223 e. The van der Waals surface area contributed by atoms with Crippen molar-refractivity contribution in [2.75, 3.05) is 18.0 Å². The molecular weight excluding hydrogens is 336 g/mol. The Morgan fingerprint density at radius 3 is 2.65 bits per heavy atom. The van der Waals surface area contributed by atoms with Crippen LogP contribution >= 0.6 is 0 Å². The van der Waals surface area contributed by atoms with Crippen LogP contribution in [-0.4, -0.2) is 59.4 Å². The largest absolute Gasteiger partial charge is 0.391 e. The Morgan fingerprint density at radius 1 is 1.23 bits per heavy atom. The minimum atomic E-state index is -0.351. The maximum atomic E-state index is 9.91. The van der Waals surface area contributed by atoms with Crippen LogP contribution in [0.5, 0.6) is 0 Å². The van der Waals surface area contributed by atoms with E-state index in [0.29, 0.717) is 54.0 Å². The summed E-state index contributed by atoms with van der Waals surface area (Å²) in [5.41, 5.74) is 1.01. The van der Waals surface area contributed by atoms with Crippen molar-refractivity contribution in [2.24, 2.45) is 0 Å². The molecule has 3 aromatic heterocycles. The average molecular weight is 358 g/mol. The molecule has 138 valence electrons. The molecule has 0 bridgehead atoms. The Labute approximate surface area is 150 Å². The van der Waals surface area contributed by atoms with Gasteiger partial charge in [0, 0.05) is 25.4 Å². The summed E-state index contributed by atoms with van der Waals surface area (Å²) in [6.45, 7) is 9.51. The number of anilines is 1. The number of nitrogens with zero attached hydrogens (tertiary/aromatic N) is 8. The number of fused-ring (bicyclic) bond motifs is 1. The number of hydrogen-bond acceptors (Lipinski definition) is 9. The lowest BCUT2D eigenvalue weighted by Crippen LogP contribution is -2.25. The summed E-state index contributed by atoms with van der Waals surface area (Å²) in [6, 6.07) is 0. The van der Waals surface area contributed by atoms with Crippen LogP contribution in [0.25, 0.3) is 11.2 Å². The quantitative estimate of drug-likeness (QED) is 0.726. The summed E-state index contributed by atoms with van der Waals surface area (Å²) < 4.78 is 6.69. The van der Waals surface area contributed by atoms with E-state index in [0.717, 1.165) is 6.54 Å². The maximum absolute atomic E-state index is 9.91. The fraction of sp³-hybridized carbons (Fsp3) is 0.625. The molecule has 1 N–H and O–H groups in total. The summed E-state index contributed by atoms with van der Waals surface area (Å²) in [4.78, 5) is 15.7. The van der Waals surface area contributed by atoms with Gasteiger partial charge in [0.1, 0.15) is 12.4 Å². The lowest BCUT2D eigenvalue weighted by Gasteiger charge is -2.21. The third kappa shape index (κ3) is 3.00. The first-order chi connectivity index (χ1) is 12.3. The summed E-state index contributed by atoms with van der Waals surface area (Å²) in [5, 5.41) is 22.3. The molecule has 1 saturated heterocycles. The molecule has 10 nitrogen and oxygen atoms in total. The predicted molar refractivity (Wildman–Crippen MR) is 92.8 cm³/mol. The van der Waals surface area contributed by atoms with E-state index in [4.69, 9.17) is 14.5 Å². The molecule has 0 radical (unpaired) electrons. The van der Waals surface area contributed by atoms with Gasteiger partial charge in [0.05, 0.1) is 6.10 Å². The minimum absolute atomic E-state index is 0.237. The molecule has 4 rings (SSSR count). The summed E-state index contributed by atoms with van der Waals surface area (Å²) in [7, 11) is 0. The zero-order valence-corrected chi connectivity index (χ0v) is 15.3. The lowest BCUT2D eigenvalue weighted by molar-refractivity contribution is 0.198. The van der Waals surface area contributed by atoms with Crippen molar-refractivity contribution in [3.05, 3.63) is 17.5 Å². The molecular formula is C16H22N8O2. The highest BCUT2D eigenvalue weighted by Crippen LogP contribution is 2.29. The van der Waals surface area contributed by atoms with Crippen LogP contribution < -0.4 is 4.90 Å². The molecule has 0 spiro atoms. The van der Waals surface area contributed by atoms with Crippen LogP contribution in [-0.2, 0) is 12.0 Å². The van der Waals surface area contributed by atoms with Crippen LogP contribution in [0, 0.1) is 6.92 Å². The zero-order valence-electron chi connectivity index (χ0n) is 15.3. The molecule has 26 heavy (non-hydrogen) atoms. The Morgan fingerprint density at radius 2 is 2.04 bits per heavy atom. The first-order valence-electron chi connectivity index (χ1n) is 8.65. The van der Waals surface area contributed by atoms with Crippen LogP contribution in [0.4, 0.5) is 5.82 Å². The summed E-state index contributed by atoms with van der Waals surface area (Å²) in [6.07, 6.45) is 0.363. The summed E-state index contributed by atoms with van der Waals surface area (Å²) in [5.74, 6) is 2.44. The van der Waals surface area contributed by atoms with E-state index in [9.17, 15) is 5.11 Å². The Balaban J connectivity index is 1.82. The van der Waals surface area contributed by atoms with E-state index in [1.807, 2.05) is 4.90 Å². The molecule has 4 heterocycles. The van der Waals surface area contributed by atoms with Crippen LogP contribution in [0.2, 0.25) is 0 Å². The van der Waals surface area contributed by atoms with Gasteiger partial charge in [-0.2, -0.15) is 4.98 Å².